The lowest BCUT2D eigenvalue weighted by Gasteiger charge is -2.34. The van der Waals surface area contributed by atoms with Crippen molar-refractivity contribution in [2.75, 3.05) is 18.2 Å². The zero-order chi connectivity index (χ0) is 23.7. The Bertz CT molecular complexity index is 1020. The van der Waals surface area contributed by atoms with Crippen molar-refractivity contribution in [1.82, 2.24) is 9.88 Å². The average Bonchev–Trinajstić information content (AvgIpc) is 3.31. The molecular weight excluding hydrogens is 447 g/mol. The molecular formula is C21H22F3N3O4S. The van der Waals surface area contributed by atoms with Crippen LogP contribution in [-0.4, -0.2) is 52.8 Å². The predicted molar refractivity (Wildman–Crippen MR) is 111 cm³/mol. The zero-order valence-corrected chi connectivity index (χ0v) is 18.5. The summed E-state index contributed by atoms with van der Waals surface area (Å²) in [6.45, 7) is 5.62. The molecule has 2 aromatic rings. The second kappa shape index (κ2) is 8.99. The van der Waals surface area contributed by atoms with E-state index in [2.05, 4.69) is 4.98 Å². The molecule has 7 nitrogen and oxygen atoms in total. The van der Waals surface area contributed by atoms with Gasteiger partial charge in [-0.2, -0.15) is 13.2 Å². The smallest absolute Gasteiger partial charge is 0.417 e. The van der Waals surface area contributed by atoms with Crippen molar-refractivity contribution >= 4 is 34.4 Å². The Morgan fingerprint density at radius 3 is 2.69 bits per heavy atom. The number of anilines is 1. The number of rotatable bonds is 7. The Kier molecular flexibility index (Phi) is 6.70. The molecule has 0 saturated carbocycles. The van der Waals surface area contributed by atoms with Crippen molar-refractivity contribution in [3.8, 4) is 0 Å². The number of carbonyl (C=O) groups is 3. The molecule has 11 heteroatoms. The summed E-state index contributed by atoms with van der Waals surface area (Å²) in [4.78, 5) is 43.5. The molecule has 1 unspecified atom stereocenters. The maximum atomic E-state index is 13.1. The number of esters is 1. The first kappa shape index (κ1) is 23.9. The summed E-state index contributed by atoms with van der Waals surface area (Å²) in [6, 6.07) is 1.63. The van der Waals surface area contributed by atoms with Gasteiger partial charge in [0.1, 0.15) is 6.04 Å². The van der Waals surface area contributed by atoms with Gasteiger partial charge in [-0.05, 0) is 38.5 Å². The fourth-order valence-electron chi connectivity index (χ4n) is 3.80. The summed E-state index contributed by atoms with van der Waals surface area (Å²) in [6.07, 6.45) is -1.42. The minimum atomic E-state index is -4.51. The van der Waals surface area contributed by atoms with Crippen LogP contribution >= 0.6 is 11.3 Å². The highest BCUT2D eigenvalue weighted by atomic mass is 32.1. The van der Waals surface area contributed by atoms with Gasteiger partial charge in [-0.3, -0.25) is 19.5 Å². The standard InChI is InChI=1S/C21H22F3N3O4S/c1-4-31-19(30)15-8-25-6-5-13(15)9-26-12-27(18(16(29)10-28)20(26,2)3)17-7-14(11-32-17)21(22,23)24/h5-8,10-11,18H,4,9,12H2,1-3H3. The first-order valence-electron chi connectivity index (χ1n) is 9.77. The van der Waals surface area contributed by atoms with Crippen molar-refractivity contribution in [2.45, 2.75) is 45.1 Å². The molecule has 1 aliphatic heterocycles. The maximum Gasteiger partial charge on any atom is 0.417 e. The van der Waals surface area contributed by atoms with Crippen molar-refractivity contribution in [1.29, 1.82) is 0 Å². The molecule has 0 radical (unpaired) electrons. The van der Waals surface area contributed by atoms with Gasteiger partial charge in [-0.1, -0.05) is 0 Å². The number of ether oxygens (including phenoxy) is 1. The van der Waals surface area contributed by atoms with Crippen molar-refractivity contribution in [3.05, 3.63) is 46.6 Å². The van der Waals surface area contributed by atoms with Gasteiger partial charge in [-0.25, -0.2) is 4.79 Å². The van der Waals surface area contributed by atoms with E-state index in [0.717, 1.165) is 22.8 Å². The largest absolute Gasteiger partial charge is 0.462 e. The molecule has 0 aliphatic carbocycles. The summed E-state index contributed by atoms with van der Waals surface area (Å²) in [5, 5.41) is 1.21. The summed E-state index contributed by atoms with van der Waals surface area (Å²) in [5.74, 6) is -1.28. The van der Waals surface area contributed by atoms with E-state index in [-0.39, 0.29) is 36.7 Å². The van der Waals surface area contributed by atoms with Gasteiger partial charge < -0.3 is 9.64 Å². The van der Waals surface area contributed by atoms with Gasteiger partial charge in [0, 0.05) is 29.9 Å². The number of halogens is 3. The fraction of sp³-hybridized carbons (Fsp3) is 0.429. The second-order valence-electron chi connectivity index (χ2n) is 7.81. The molecule has 0 N–H and O–H groups in total. The highest BCUT2D eigenvalue weighted by Gasteiger charge is 2.50. The number of ketones is 1. The number of aromatic nitrogens is 1. The number of nitrogens with zero attached hydrogens (tertiary/aromatic N) is 3. The van der Waals surface area contributed by atoms with Crippen LogP contribution < -0.4 is 4.90 Å². The summed E-state index contributed by atoms with van der Waals surface area (Å²) >= 11 is 0.856. The Labute approximate surface area is 186 Å². The lowest BCUT2D eigenvalue weighted by molar-refractivity contribution is -0.137. The average molecular weight is 469 g/mol. The van der Waals surface area contributed by atoms with Crippen LogP contribution in [0, 0.1) is 0 Å². The molecule has 172 valence electrons. The number of alkyl halides is 3. The molecule has 1 saturated heterocycles. The summed E-state index contributed by atoms with van der Waals surface area (Å²) in [5.41, 5.74) is -0.884. The minimum absolute atomic E-state index is 0.0830. The highest BCUT2D eigenvalue weighted by Crippen LogP contribution is 2.42. The SMILES string of the molecule is CCOC(=O)c1cnccc1CN1CN(c2cc(C(F)(F)F)cs2)C(C(=O)C=O)C1(C)C. The quantitative estimate of drug-likeness (QED) is 0.349. The normalized spacial score (nSPS) is 18.6. The number of pyridine rings is 1. The van der Waals surface area contributed by atoms with Gasteiger partial charge >= 0.3 is 12.1 Å². The third-order valence-corrected chi connectivity index (χ3v) is 6.43. The monoisotopic (exact) mass is 469 g/mol. The van der Waals surface area contributed by atoms with Crippen LogP contribution in [0.25, 0.3) is 0 Å². The third kappa shape index (κ3) is 4.53. The molecule has 0 spiro atoms. The number of aldehydes is 1. The van der Waals surface area contributed by atoms with Crippen LogP contribution in [0.5, 0.6) is 0 Å². The molecule has 0 aromatic carbocycles. The number of carbonyl (C=O) groups excluding carboxylic acids is 3. The van der Waals surface area contributed by atoms with Crippen LogP contribution in [0.4, 0.5) is 18.2 Å². The second-order valence-corrected chi connectivity index (χ2v) is 8.70. The first-order valence-corrected chi connectivity index (χ1v) is 10.6. The van der Waals surface area contributed by atoms with Gasteiger partial charge in [0.2, 0.25) is 5.78 Å². The summed E-state index contributed by atoms with van der Waals surface area (Å²) < 4.78 is 44.4. The molecule has 32 heavy (non-hydrogen) atoms. The molecule has 3 rings (SSSR count). The lowest BCUT2D eigenvalue weighted by atomic mass is 9.90. The van der Waals surface area contributed by atoms with Crippen LogP contribution in [-0.2, 0) is 27.0 Å². The van der Waals surface area contributed by atoms with E-state index in [0.29, 0.717) is 5.56 Å². The van der Waals surface area contributed by atoms with Crippen LogP contribution in [0.1, 0.15) is 42.3 Å². The number of Topliss-reactive ketones (excluding diaryl/α,β-unsaturated/α-hetero) is 1. The van der Waals surface area contributed by atoms with Crippen molar-refractivity contribution < 1.29 is 32.3 Å². The molecule has 1 fully saturated rings. The van der Waals surface area contributed by atoms with E-state index in [9.17, 15) is 27.6 Å². The van der Waals surface area contributed by atoms with E-state index in [1.54, 1.807) is 26.8 Å². The molecule has 0 bridgehead atoms. The molecule has 1 aliphatic rings. The highest BCUT2D eigenvalue weighted by molar-refractivity contribution is 7.14. The number of hydrogen-bond acceptors (Lipinski definition) is 8. The third-order valence-electron chi connectivity index (χ3n) is 5.47. The van der Waals surface area contributed by atoms with Gasteiger partial charge in [0.15, 0.2) is 6.29 Å². The van der Waals surface area contributed by atoms with E-state index in [1.807, 2.05) is 4.90 Å². The maximum absolute atomic E-state index is 13.1. The number of hydrogen-bond donors (Lipinski definition) is 0. The number of thiophene rings is 1. The van der Waals surface area contributed by atoms with Gasteiger partial charge in [0.05, 0.1) is 29.4 Å². The fourth-order valence-corrected chi connectivity index (χ4v) is 4.75. The zero-order valence-electron chi connectivity index (χ0n) is 17.7. The van der Waals surface area contributed by atoms with Crippen molar-refractivity contribution in [3.63, 3.8) is 0 Å². The summed E-state index contributed by atoms with van der Waals surface area (Å²) in [7, 11) is 0. The van der Waals surface area contributed by atoms with Gasteiger partial charge in [0.25, 0.3) is 0 Å². The van der Waals surface area contributed by atoms with Crippen LogP contribution in [0.2, 0.25) is 0 Å². The Balaban J connectivity index is 1.97. The minimum Gasteiger partial charge on any atom is -0.462 e. The molecule has 2 aromatic heterocycles. The van der Waals surface area contributed by atoms with Crippen LogP contribution in [0.15, 0.2) is 29.9 Å². The Hall–Kier alpha value is -2.79. The van der Waals surface area contributed by atoms with Crippen molar-refractivity contribution in [2.24, 2.45) is 0 Å². The first-order chi connectivity index (χ1) is 15.0. The Morgan fingerprint density at radius 1 is 1.38 bits per heavy atom. The lowest BCUT2D eigenvalue weighted by Crippen LogP contribution is -2.51. The van der Waals surface area contributed by atoms with E-state index in [1.165, 1.54) is 17.3 Å². The molecule has 1 atom stereocenters. The molecule has 0 amide bonds. The van der Waals surface area contributed by atoms with E-state index >= 15 is 0 Å². The molecule has 3 heterocycles. The van der Waals surface area contributed by atoms with Crippen LogP contribution in [0.3, 0.4) is 0 Å². The van der Waals surface area contributed by atoms with Gasteiger partial charge in [-0.15, -0.1) is 11.3 Å². The predicted octanol–water partition coefficient (Wildman–Crippen LogP) is 3.53. The van der Waals surface area contributed by atoms with E-state index < -0.39 is 35.1 Å². The topological polar surface area (TPSA) is 79.8 Å². The van der Waals surface area contributed by atoms with E-state index in [4.69, 9.17) is 4.74 Å². The Morgan fingerprint density at radius 2 is 2.09 bits per heavy atom.